The Bertz CT molecular complexity index is 594. The predicted molar refractivity (Wildman–Crippen MR) is 73.4 cm³/mol. The van der Waals surface area contributed by atoms with Crippen molar-refractivity contribution >= 4 is 11.6 Å². The molecule has 0 aliphatic rings. The maximum Gasteiger partial charge on any atom is 0.248 e. The molecule has 0 radical (unpaired) electrons. The Morgan fingerprint density at radius 3 is 2.47 bits per heavy atom. The molecule has 0 heterocycles. The van der Waals surface area contributed by atoms with Crippen molar-refractivity contribution in [3.63, 3.8) is 0 Å². The number of hydrogen-bond acceptors (Lipinski definition) is 2. The minimum Gasteiger partial charge on any atom is -0.381 e. The minimum atomic E-state index is -0.436. The number of nitrogens with two attached hydrogens (primary N) is 1. The van der Waals surface area contributed by atoms with Gasteiger partial charge in [0.2, 0.25) is 5.91 Å². The van der Waals surface area contributed by atoms with Crippen LogP contribution in [0.25, 0.3) is 0 Å². The van der Waals surface area contributed by atoms with E-state index < -0.39 is 5.91 Å². The fourth-order valence-electron chi connectivity index (χ4n) is 1.75. The van der Waals surface area contributed by atoms with Gasteiger partial charge in [-0.2, -0.15) is 0 Å². The zero-order valence-corrected chi connectivity index (χ0v) is 10.6. The number of primary amides is 1. The topological polar surface area (TPSA) is 55.1 Å². The third kappa shape index (κ3) is 3.31. The first-order valence-electron chi connectivity index (χ1n) is 5.95. The summed E-state index contributed by atoms with van der Waals surface area (Å²) in [6.45, 7) is 2.33. The van der Waals surface area contributed by atoms with E-state index in [1.54, 1.807) is 31.2 Å². The van der Waals surface area contributed by atoms with Crippen LogP contribution in [0.1, 0.15) is 21.5 Å². The van der Waals surface area contributed by atoms with Crippen molar-refractivity contribution in [3.8, 4) is 0 Å². The molecule has 1 amide bonds. The van der Waals surface area contributed by atoms with Gasteiger partial charge in [0.05, 0.1) is 0 Å². The normalized spacial score (nSPS) is 10.2. The van der Waals surface area contributed by atoms with Crippen LogP contribution in [-0.4, -0.2) is 5.91 Å². The van der Waals surface area contributed by atoms with Gasteiger partial charge in [-0.15, -0.1) is 0 Å². The summed E-state index contributed by atoms with van der Waals surface area (Å²) in [5.74, 6) is -0.648. The molecule has 0 aromatic heterocycles. The lowest BCUT2D eigenvalue weighted by atomic mass is 10.1. The van der Waals surface area contributed by atoms with Gasteiger partial charge in [0.1, 0.15) is 5.82 Å². The molecular formula is C15H15FN2O. The lowest BCUT2D eigenvalue weighted by Gasteiger charge is -2.08. The van der Waals surface area contributed by atoms with Gasteiger partial charge in [-0.1, -0.05) is 12.1 Å². The molecule has 0 saturated heterocycles. The standard InChI is InChI=1S/C15H15FN2O/c1-10-8-13(6-7-14(10)16)18-9-11-2-4-12(5-3-11)15(17)19/h2-8,18H,9H2,1H3,(H2,17,19). The number of halogens is 1. The summed E-state index contributed by atoms with van der Waals surface area (Å²) in [6, 6.07) is 11.9. The van der Waals surface area contributed by atoms with E-state index >= 15 is 0 Å². The van der Waals surface area contributed by atoms with E-state index in [1.165, 1.54) is 6.07 Å². The van der Waals surface area contributed by atoms with Crippen molar-refractivity contribution in [2.24, 2.45) is 5.73 Å². The van der Waals surface area contributed by atoms with Gasteiger partial charge < -0.3 is 11.1 Å². The monoisotopic (exact) mass is 258 g/mol. The minimum absolute atomic E-state index is 0.212. The maximum atomic E-state index is 13.1. The molecule has 3 nitrogen and oxygen atoms in total. The second-order valence-corrected chi connectivity index (χ2v) is 4.38. The smallest absolute Gasteiger partial charge is 0.248 e. The van der Waals surface area contributed by atoms with Crippen LogP contribution in [0.3, 0.4) is 0 Å². The molecule has 19 heavy (non-hydrogen) atoms. The third-order valence-electron chi connectivity index (χ3n) is 2.89. The molecule has 98 valence electrons. The number of carbonyl (C=O) groups excluding carboxylic acids is 1. The molecular weight excluding hydrogens is 243 g/mol. The van der Waals surface area contributed by atoms with Crippen molar-refractivity contribution in [1.82, 2.24) is 0 Å². The Morgan fingerprint density at radius 1 is 1.21 bits per heavy atom. The van der Waals surface area contributed by atoms with Crippen LogP contribution in [0.15, 0.2) is 42.5 Å². The summed E-state index contributed by atoms with van der Waals surface area (Å²) in [5.41, 5.74) is 8.14. The van der Waals surface area contributed by atoms with E-state index in [9.17, 15) is 9.18 Å². The zero-order chi connectivity index (χ0) is 13.8. The number of aryl methyl sites for hydroxylation is 1. The first-order chi connectivity index (χ1) is 9.06. The number of nitrogens with one attached hydrogen (secondary N) is 1. The van der Waals surface area contributed by atoms with Gasteiger partial charge in [-0.05, 0) is 48.4 Å². The van der Waals surface area contributed by atoms with Crippen molar-refractivity contribution in [2.75, 3.05) is 5.32 Å². The Kier molecular flexibility index (Phi) is 3.80. The Morgan fingerprint density at radius 2 is 1.89 bits per heavy atom. The molecule has 0 fully saturated rings. The highest BCUT2D eigenvalue weighted by Gasteiger charge is 2.01. The van der Waals surface area contributed by atoms with Gasteiger partial charge >= 0.3 is 0 Å². The lowest BCUT2D eigenvalue weighted by molar-refractivity contribution is 0.100. The average Bonchev–Trinajstić information content (AvgIpc) is 2.40. The van der Waals surface area contributed by atoms with Crippen LogP contribution in [0, 0.1) is 12.7 Å². The molecule has 0 atom stereocenters. The maximum absolute atomic E-state index is 13.1. The quantitative estimate of drug-likeness (QED) is 0.886. The van der Waals surface area contributed by atoms with Gasteiger partial charge in [0.15, 0.2) is 0 Å². The molecule has 4 heteroatoms. The first kappa shape index (κ1) is 13.1. The highest BCUT2D eigenvalue weighted by Crippen LogP contribution is 2.15. The largest absolute Gasteiger partial charge is 0.381 e. The molecule has 0 bridgehead atoms. The van der Waals surface area contributed by atoms with Crippen LogP contribution < -0.4 is 11.1 Å². The Balaban J connectivity index is 2.01. The highest BCUT2D eigenvalue weighted by molar-refractivity contribution is 5.92. The third-order valence-corrected chi connectivity index (χ3v) is 2.89. The highest BCUT2D eigenvalue weighted by atomic mass is 19.1. The number of amides is 1. The summed E-state index contributed by atoms with van der Waals surface area (Å²) < 4.78 is 13.1. The van der Waals surface area contributed by atoms with E-state index in [2.05, 4.69) is 5.32 Å². The van der Waals surface area contributed by atoms with Gasteiger partial charge in [0.25, 0.3) is 0 Å². The molecule has 0 unspecified atom stereocenters. The SMILES string of the molecule is Cc1cc(NCc2ccc(C(N)=O)cc2)ccc1F. The van der Waals surface area contributed by atoms with Crippen molar-refractivity contribution in [2.45, 2.75) is 13.5 Å². The number of carbonyl (C=O) groups is 1. The second kappa shape index (κ2) is 5.52. The molecule has 2 aromatic carbocycles. The first-order valence-corrected chi connectivity index (χ1v) is 5.95. The fourth-order valence-corrected chi connectivity index (χ4v) is 1.75. The summed E-state index contributed by atoms with van der Waals surface area (Å²) in [7, 11) is 0. The number of rotatable bonds is 4. The van der Waals surface area contributed by atoms with Crippen LogP contribution in [0.4, 0.5) is 10.1 Å². The molecule has 0 spiro atoms. The average molecular weight is 258 g/mol. The molecule has 3 N–H and O–H groups in total. The number of benzene rings is 2. The molecule has 0 aliphatic heterocycles. The number of anilines is 1. The predicted octanol–water partition coefficient (Wildman–Crippen LogP) is 2.85. The molecule has 2 aromatic rings. The molecule has 2 rings (SSSR count). The van der Waals surface area contributed by atoms with Crippen molar-refractivity contribution in [3.05, 3.63) is 65.0 Å². The summed E-state index contributed by atoms with van der Waals surface area (Å²) >= 11 is 0. The van der Waals surface area contributed by atoms with E-state index in [1.807, 2.05) is 12.1 Å². The van der Waals surface area contributed by atoms with Crippen LogP contribution in [0.5, 0.6) is 0 Å². The summed E-state index contributed by atoms with van der Waals surface area (Å²) in [5, 5.41) is 3.19. The van der Waals surface area contributed by atoms with Crippen molar-refractivity contribution < 1.29 is 9.18 Å². The van der Waals surface area contributed by atoms with E-state index in [4.69, 9.17) is 5.73 Å². The number of hydrogen-bond donors (Lipinski definition) is 2. The Hall–Kier alpha value is -2.36. The van der Waals surface area contributed by atoms with Gasteiger partial charge in [-0.25, -0.2) is 4.39 Å². The second-order valence-electron chi connectivity index (χ2n) is 4.38. The fraction of sp³-hybridized carbons (Fsp3) is 0.133. The van der Waals surface area contributed by atoms with E-state index in [-0.39, 0.29) is 5.82 Å². The van der Waals surface area contributed by atoms with Crippen LogP contribution >= 0.6 is 0 Å². The van der Waals surface area contributed by atoms with Gasteiger partial charge in [-0.3, -0.25) is 4.79 Å². The van der Waals surface area contributed by atoms with Crippen LogP contribution in [-0.2, 0) is 6.54 Å². The Labute approximate surface area is 111 Å². The van der Waals surface area contributed by atoms with E-state index in [0.29, 0.717) is 17.7 Å². The van der Waals surface area contributed by atoms with E-state index in [0.717, 1.165) is 11.3 Å². The summed E-state index contributed by atoms with van der Waals surface area (Å²) in [6.07, 6.45) is 0. The molecule has 0 saturated carbocycles. The lowest BCUT2D eigenvalue weighted by Crippen LogP contribution is -2.10. The van der Waals surface area contributed by atoms with Crippen molar-refractivity contribution in [1.29, 1.82) is 0 Å². The van der Waals surface area contributed by atoms with Gasteiger partial charge in [0, 0.05) is 17.8 Å². The zero-order valence-electron chi connectivity index (χ0n) is 10.6. The van der Waals surface area contributed by atoms with Crippen LogP contribution in [0.2, 0.25) is 0 Å². The molecule has 0 aliphatic carbocycles. The summed E-state index contributed by atoms with van der Waals surface area (Å²) in [4.78, 5) is 10.9.